The zero-order valence-corrected chi connectivity index (χ0v) is 16.6. The molecule has 0 aromatic carbocycles. The molecule has 0 atom stereocenters. The first-order valence-electron chi connectivity index (χ1n) is 10.1. The second-order valence-corrected chi connectivity index (χ2v) is 7.49. The van der Waals surface area contributed by atoms with Crippen molar-refractivity contribution in [3.05, 3.63) is 0 Å². The van der Waals surface area contributed by atoms with E-state index in [9.17, 15) is 14.4 Å². The second kappa shape index (κ2) is 12.8. The minimum Gasteiger partial charge on any atom is -0.379 e. The van der Waals surface area contributed by atoms with Crippen LogP contribution in [0.1, 0.15) is 75.0 Å². The van der Waals surface area contributed by atoms with Gasteiger partial charge in [-0.3, -0.25) is 14.4 Å². The summed E-state index contributed by atoms with van der Waals surface area (Å²) in [4.78, 5) is 35.4. The molecule has 2 amide bonds. The lowest BCUT2D eigenvalue weighted by atomic mass is 9.80. The maximum atomic E-state index is 12.0. The first kappa shape index (κ1) is 22.6. The maximum absolute atomic E-state index is 12.0. The van der Waals surface area contributed by atoms with Crippen LogP contribution in [0.2, 0.25) is 0 Å². The van der Waals surface area contributed by atoms with Gasteiger partial charge in [-0.2, -0.15) is 0 Å². The number of ketones is 1. The Labute approximate surface area is 160 Å². The number of carbonyl (C=O) groups excluding carboxylic acids is 3. The van der Waals surface area contributed by atoms with Gasteiger partial charge in [0.05, 0.1) is 13.2 Å². The molecule has 1 rings (SSSR count). The van der Waals surface area contributed by atoms with E-state index in [0.29, 0.717) is 38.4 Å². The highest BCUT2D eigenvalue weighted by atomic mass is 16.5. The van der Waals surface area contributed by atoms with Crippen LogP contribution >= 0.6 is 0 Å². The van der Waals surface area contributed by atoms with Crippen LogP contribution in [-0.2, 0) is 19.1 Å². The molecule has 0 saturated heterocycles. The summed E-state index contributed by atoms with van der Waals surface area (Å²) in [6.07, 6.45) is 6.29. The van der Waals surface area contributed by atoms with E-state index in [4.69, 9.17) is 4.74 Å². The minimum absolute atomic E-state index is 0. The molecule has 0 bridgehead atoms. The molecule has 0 heterocycles. The number of hydrogen-bond donors (Lipinski definition) is 2. The summed E-state index contributed by atoms with van der Waals surface area (Å²) in [6, 6.07) is 0.177. The molecule has 0 aliphatic heterocycles. The van der Waals surface area contributed by atoms with Crippen LogP contribution in [0.4, 0.5) is 0 Å². The van der Waals surface area contributed by atoms with E-state index in [1.54, 1.807) is 0 Å². The highest BCUT2D eigenvalue weighted by Crippen LogP contribution is 2.27. The molecule has 6 nitrogen and oxygen atoms in total. The molecular formula is C20H40N2O4. The van der Waals surface area contributed by atoms with E-state index < -0.39 is 0 Å². The Morgan fingerprint density at radius 3 is 2.35 bits per heavy atom. The molecule has 1 aliphatic carbocycles. The minimum atomic E-state index is -0.00406. The lowest BCUT2D eigenvalue weighted by molar-refractivity contribution is -0.127. The summed E-state index contributed by atoms with van der Waals surface area (Å²) in [5.74, 6) is 0.666. The predicted octanol–water partition coefficient (Wildman–Crippen LogP) is 3.09. The Bertz CT molecular complexity index is 453. The van der Waals surface area contributed by atoms with Crippen molar-refractivity contribution in [1.82, 2.24) is 10.6 Å². The van der Waals surface area contributed by atoms with E-state index in [1.807, 2.05) is 13.8 Å². The fraction of sp³-hybridized carbons (Fsp3) is 0.850. The van der Waals surface area contributed by atoms with E-state index in [2.05, 4.69) is 17.6 Å². The fourth-order valence-electron chi connectivity index (χ4n) is 3.25. The van der Waals surface area contributed by atoms with E-state index in [1.165, 1.54) is 0 Å². The summed E-state index contributed by atoms with van der Waals surface area (Å²) >= 11 is 0. The van der Waals surface area contributed by atoms with Crippen LogP contribution in [0.5, 0.6) is 0 Å². The van der Waals surface area contributed by atoms with Crippen LogP contribution in [0, 0.1) is 11.8 Å². The van der Waals surface area contributed by atoms with Crippen molar-refractivity contribution >= 4 is 17.6 Å². The molecule has 1 fully saturated rings. The third kappa shape index (κ3) is 9.32. The smallest absolute Gasteiger partial charge is 0.222 e. The summed E-state index contributed by atoms with van der Waals surface area (Å²) in [5.41, 5.74) is 0. The highest BCUT2D eigenvalue weighted by molar-refractivity contribution is 5.83. The van der Waals surface area contributed by atoms with Crippen molar-refractivity contribution in [3.8, 4) is 0 Å². The van der Waals surface area contributed by atoms with E-state index in [0.717, 1.165) is 38.5 Å². The first-order chi connectivity index (χ1) is 12.4. The topological polar surface area (TPSA) is 84.5 Å². The second-order valence-electron chi connectivity index (χ2n) is 7.49. The zero-order chi connectivity index (χ0) is 19.4. The van der Waals surface area contributed by atoms with Gasteiger partial charge < -0.3 is 15.4 Å². The maximum Gasteiger partial charge on any atom is 0.222 e. The molecule has 0 spiro atoms. The van der Waals surface area contributed by atoms with Crippen LogP contribution in [0.25, 0.3) is 0 Å². The van der Waals surface area contributed by atoms with Crippen molar-refractivity contribution in [3.63, 3.8) is 0 Å². The van der Waals surface area contributed by atoms with Gasteiger partial charge in [0.2, 0.25) is 11.8 Å². The van der Waals surface area contributed by atoms with Gasteiger partial charge in [-0.25, -0.2) is 0 Å². The molecule has 0 unspecified atom stereocenters. The number of Topliss-reactive ketones (excluding diaryl/α,β-unsaturated/α-hetero) is 1. The van der Waals surface area contributed by atoms with Gasteiger partial charge in [-0.15, -0.1) is 0 Å². The van der Waals surface area contributed by atoms with Gasteiger partial charge in [-0.05, 0) is 32.1 Å². The number of hydrogen-bond acceptors (Lipinski definition) is 4. The van der Waals surface area contributed by atoms with Gasteiger partial charge in [0.25, 0.3) is 0 Å². The summed E-state index contributed by atoms with van der Waals surface area (Å²) in [5, 5.41) is 5.84. The van der Waals surface area contributed by atoms with Gasteiger partial charge in [-0.1, -0.05) is 27.2 Å². The van der Waals surface area contributed by atoms with Crippen LogP contribution in [-0.4, -0.2) is 43.4 Å². The molecule has 154 valence electrons. The lowest BCUT2D eigenvalue weighted by Crippen LogP contribution is -2.39. The highest BCUT2D eigenvalue weighted by Gasteiger charge is 2.28. The van der Waals surface area contributed by atoms with Crippen LogP contribution in [0.3, 0.4) is 0 Å². The van der Waals surface area contributed by atoms with Crippen LogP contribution < -0.4 is 10.6 Å². The molecule has 0 aromatic heterocycles. The summed E-state index contributed by atoms with van der Waals surface area (Å²) in [6.45, 7) is 7.22. The van der Waals surface area contributed by atoms with Crippen LogP contribution in [0.15, 0.2) is 0 Å². The van der Waals surface area contributed by atoms with Crippen molar-refractivity contribution in [2.45, 2.75) is 78.2 Å². The molecule has 6 heteroatoms. The molecule has 0 radical (unpaired) electrons. The lowest BCUT2D eigenvalue weighted by Gasteiger charge is -2.29. The van der Waals surface area contributed by atoms with Gasteiger partial charge in [0, 0.05) is 40.1 Å². The number of amides is 2. The van der Waals surface area contributed by atoms with Crippen molar-refractivity contribution in [2.75, 3.05) is 19.8 Å². The Kier molecular flexibility index (Phi) is 11.2. The molecule has 0 aromatic rings. The molecule has 1 aliphatic rings. The Morgan fingerprint density at radius 2 is 1.73 bits per heavy atom. The Hall–Kier alpha value is -1.43. The first-order valence-corrected chi connectivity index (χ1v) is 10.1. The zero-order valence-electron chi connectivity index (χ0n) is 16.6. The molecule has 1 saturated carbocycles. The molecule has 2 N–H and O–H groups in total. The van der Waals surface area contributed by atoms with Crippen molar-refractivity contribution < 1.29 is 22.0 Å². The Morgan fingerprint density at radius 1 is 1.04 bits per heavy atom. The third-order valence-corrected chi connectivity index (χ3v) is 4.86. The Balaban J connectivity index is 0. The van der Waals surface area contributed by atoms with Gasteiger partial charge >= 0.3 is 0 Å². The van der Waals surface area contributed by atoms with Gasteiger partial charge in [0.1, 0.15) is 5.78 Å². The number of nitrogens with one attached hydrogen (secondary N) is 2. The van der Waals surface area contributed by atoms with Crippen molar-refractivity contribution in [1.29, 1.82) is 0 Å². The van der Waals surface area contributed by atoms with Gasteiger partial charge in [0.15, 0.2) is 0 Å². The summed E-state index contributed by atoms with van der Waals surface area (Å²) in [7, 11) is 0. The van der Waals surface area contributed by atoms with E-state index >= 15 is 0 Å². The summed E-state index contributed by atoms with van der Waals surface area (Å²) < 4.78 is 5.40. The average molecular weight is 373 g/mol. The number of carbonyl (C=O) groups is 3. The molecule has 26 heavy (non-hydrogen) atoms. The fourth-order valence-corrected chi connectivity index (χ4v) is 3.25. The largest absolute Gasteiger partial charge is 0.379 e. The normalized spacial score (nSPS) is 20.0. The SMILES string of the molecule is CCCCC(=O)NCCOCCC(=O)NC1CCC(C(=O)C(C)C)CC1.[HH].[HH]. The molecular weight excluding hydrogens is 332 g/mol. The average Bonchev–Trinajstić information content (AvgIpc) is 2.62. The monoisotopic (exact) mass is 372 g/mol. The third-order valence-electron chi connectivity index (χ3n) is 4.86. The van der Waals surface area contributed by atoms with E-state index in [-0.39, 0.29) is 32.5 Å². The predicted molar refractivity (Wildman–Crippen MR) is 106 cm³/mol. The quantitative estimate of drug-likeness (QED) is 0.516. The number of rotatable bonds is 12. The standard InChI is InChI=1S/C20H36N2O4.2H2/c1-4-5-6-18(23)21-12-14-26-13-11-19(24)22-17-9-7-16(8-10-17)20(25)15(2)3;;/h15-17H,4-14H2,1-3H3,(H,21,23)(H,22,24);2*1H. The van der Waals surface area contributed by atoms with Crippen molar-refractivity contribution in [2.24, 2.45) is 11.8 Å². The number of ether oxygens (including phenoxy) is 1. The number of unbranched alkanes of at least 4 members (excludes halogenated alkanes) is 1.